The number of methoxy groups -OCH3 is 1. The van der Waals surface area contributed by atoms with E-state index in [0.29, 0.717) is 17.3 Å². The summed E-state index contributed by atoms with van der Waals surface area (Å²) in [5, 5.41) is 9.16. The Balaban J connectivity index is 2.66. The fourth-order valence-electron chi connectivity index (χ4n) is 1.66. The summed E-state index contributed by atoms with van der Waals surface area (Å²) in [6, 6.07) is 9.48. The second kappa shape index (κ2) is 4.48. The molecule has 0 aliphatic heterocycles. The van der Waals surface area contributed by atoms with E-state index in [-0.39, 0.29) is 5.15 Å². The number of para-hydroxylation sites is 1. The first-order valence-electron chi connectivity index (χ1n) is 4.94. The van der Waals surface area contributed by atoms with E-state index < -0.39 is 0 Å². The minimum absolute atomic E-state index is 0.205. The second-order valence-electron chi connectivity index (χ2n) is 3.45. The van der Waals surface area contributed by atoms with E-state index in [0.717, 1.165) is 5.56 Å². The van der Waals surface area contributed by atoms with Crippen LogP contribution < -0.4 is 4.74 Å². The number of halogens is 1. The first-order valence-corrected chi connectivity index (χ1v) is 5.32. The van der Waals surface area contributed by atoms with Gasteiger partial charge in [0.15, 0.2) is 10.8 Å². The summed E-state index contributed by atoms with van der Waals surface area (Å²) < 4.78 is 6.91. The maximum absolute atomic E-state index is 8.96. The molecule has 86 valence electrons. The predicted octanol–water partition coefficient (Wildman–Crippen LogP) is 2.62. The summed E-state index contributed by atoms with van der Waals surface area (Å²) in [5.74, 6) is 1.31. The maximum atomic E-state index is 8.96. The van der Waals surface area contributed by atoms with Crippen LogP contribution in [0, 0.1) is 11.3 Å². The van der Waals surface area contributed by atoms with Crippen molar-refractivity contribution in [3.05, 3.63) is 35.1 Å². The molecule has 0 N–H and O–H groups in total. The average molecular weight is 248 g/mol. The third-order valence-electron chi connectivity index (χ3n) is 2.51. The molecule has 0 bridgehead atoms. The number of aromatic nitrogens is 2. The largest absolute Gasteiger partial charge is 0.496 e. The van der Waals surface area contributed by atoms with Crippen molar-refractivity contribution >= 4 is 11.6 Å². The molecule has 4 nitrogen and oxygen atoms in total. The van der Waals surface area contributed by atoms with E-state index in [1.165, 1.54) is 0 Å². The highest BCUT2D eigenvalue weighted by molar-refractivity contribution is 6.30. The number of nitriles is 1. The topological polar surface area (TPSA) is 50.8 Å². The molecule has 1 aromatic carbocycles. The molecule has 17 heavy (non-hydrogen) atoms. The highest BCUT2D eigenvalue weighted by Gasteiger charge is 2.16. The molecule has 5 heteroatoms. The second-order valence-corrected chi connectivity index (χ2v) is 3.80. The van der Waals surface area contributed by atoms with Crippen molar-refractivity contribution < 1.29 is 4.74 Å². The Morgan fingerprint density at radius 2 is 2.12 bits per heavy atom. The van der Waals surface area contributed by atoms with Crippen molar-refractivity contribution in [1.29, 1.82) is 5.26 Å². The van der Waals surface area contributed by atoms with Gasteiger partial charge in [0.25, 0.3) is 0 Å². The third kappa shape index (κ3) is 1.85. The van der Waals surface area contributed by atoms with Crippen LogP contribution in [0.25, 0.3) is 11.4 Å². The van der Waals surface area contributed by atoms with Crippen molar-refractivity contribution in [1.82, 2.24) is 9.55 Å². The molecule has 2 rings (SSSR count). The summed E-state index contributed by atoms with van der Waals surface area (Å²) >= 11 is 5.90. The van der Waals surface area contributed by atoms with Crippen molar-refractivity contribution in [3.63, 3.8) is 0 Å². The Labute approximate surface area is 104 Å². The van der Waals surface area contributed by atoms with Gasteiger partial charge >= 0.3 is 0 Å². The fraction of sp³-hybridized carbons (Fsp3) is 0.167. The van der Waals surface area contributed by atoms with Crippen LogP contribution in [-0.2, 0) is 7.05 Å². The van der Waals surface area contributed by atoms with Gasteiger partial charge in [-0.3, -0.25) is 0 Å². The van der Waals surface area contributed by atoms with Gasteiger partial charge in [0.05, 0.1) is 12.7 Å². The third-order valence-corrected chi connectivity index (χ3v) is 2.77. The summed E-state index contributed by atoms with van der Waals surface area (Å²) in [5.41, 5.74) is 1.15. The van der Waals surface area contributed by atoms with E-state index in [4.69, 9.17) is 21.6 Å². The highest BCUT2D eigenvalue weighted by atomic mass is 35.5. The monoisotopic (exact) mass is 247 g/mol. The number of ether oxygens (including phenoxy) is 1. The molecule has 0 aliphatic rings. The summed E-state index contributed by atoms with van der Waals surface area (Å²) in [6.07, 6.45) is 0. The molecule has 0 atom stereocenters. The zero-order valence-electron chi connectivity index (χ0n) is 9.44. The Kier molecular flexibility index (Phi) is 3.03. The highest BCUT2D eigenvalue weighted by Crippen LogP contribution is 2.30. The molecule has 2 aromatic rings. The lowest BCUT2D eigenvalue weighted by atomic mass is 10.2. The van der Waals surface area contributed by atoms with Crippen molar-refractivity contribution in [2.75, 3.05) is 7.11 Å². The molecule has 0 unspecified atom stereocenters. The number of benzene rings is 1. The Morgan fingerprint density at radius 3 is 2.71 bits per heavy atom. The van der Waals surface area contributed by atoms with Crippen molar-refractivity contribution in [2.24, 2.45) is 7.05 Å². The van der Waals surface area contributed by atoms with Crippen LogP contribution in [0.1, 0.15) is 5.69 Å². The van der Waals surface area contributed by atoms with E-state index in [9.17, 15) is 0 Å². The van der Waals surface area contributed by atoms with Gasteiger partial charge in [0.2, 0.25) is 0 Å². The summed E-state index contributed by atoms with van der Waals surface area (Å²) in [6.45, 7) is 0. The molecular formula is C12H10ClN3O. The number of imidazole rings is 1. The first kappa shape index (κ1) is 11.5. The molecule has 0 saturated carbocycles. The van der Waals surface area contributed by atoms with Crippen LogP contribution in [0.3, 0.4) is 0 Å². The van der Waals surface area contributed by atoms with E-state index in [1.807, 2.05) is 30.3 Å². The van der Waals surface area contributed by atoms with Gasteiger partial charge in [0.1, 0.15) is 17.6 Å². The van der Waals surface area contributed by atoms with Crippen LogP contribution in [-0.4, -0.2) is 16.7 Å². The molecule has 0 fully saturated rings. The van der Waals surface area contributed by atoms with Crippen molar-refractivity contribution in [3.8, 4) is 23.2 Å². The number of hydrogen-bond donors (Lipinski definition) is 0. The lowest BCUT2D eigenvalue weighted by Crippen LogP contribution is -1.97. The lowest BCUT2D eigenvalue weighted by molar-refractivity contribution is 0.416. The predicted molar refractivity (Wildman–Crippen MR) is 64.9 cm³/mol. The molecule has 1 heterocycles. The van der Waals surface area contributed by atoms with E-state index in [1.54, 1.807) is 18.7 Å². The van der Waals surface area contributed by atoms with Gasteiger partial charge in [-0.25, -0.2) is 4.98 Å². The van der Waals surface area contributed by atoms with Crippen molar-refractivity contribution in [2.45, 2.75) is 0 Å². The van der Waals surface area contributed by atoms with Gasteiger partial charge in [0, 0.05) is 7.05 Å². The lowest BCUT2D eigenvalue weighted by Gasteiger charge is -2.07. The van der Waals surface area contributed by atoms with Gasteiger partial charge in [-0.15, -0.1) is 0 Å². The number of nitrogens with zero attached hydrogens (tertiary/aromatic N) is 3. The Hall–Kier alpha value is -1.99. The molecule has 0 spiro atoms. The smallest absolute Gasteiger partial charge is 0.166 e. The van der Waals surface area contributed by atoms with Crippen LogP contribution in [0.5, 0.6) is 5.75 Å². The van der Waals surface area contributed by atoms with Crippen LogP contribution in [0.15, 0.2) is 24.3 Å². The number of rotatable bonds is 2. The van der Waals surface area contributed by atoms with E-state index in [2.05, 4.69) is 4.98 Å². The van der Waals surface area contributed by atoms with Crippen LogP contribution >= 0.6 is 11.6 Å². The Bertz CT molecular complexity index is 598. The molecule has 0 radical (unpaired) electrons. The summed E-state index contributed by atoms with van der Waals surface area (Å²) in [7, 11) is 3.34. The van der Waals surface area contributed by atoms with Gasteiger partial charge in [-0.2, -0.15) is 5.26 Å². The molecule has 0 aliphatic carbocycles. The molecule has 1 aromatic heterocycles. The molecule has 0 saturated heterocycles. The normalized spacial score (nSPS) is 10.0. The SMILES string of the molecule is COc1ccccc1-c1nc(Cl)c(C#N)n1C. The summed E-state index contributed by atoms with van der Waals surface area (Å²) in [4.78, 5) is 4.19. The minimum atomic E-state index is 0.205. The first-order chi connectivity index (χ1) is 8.19. The van der Waals surface area contributed by atoms with Gasteiger partial charge in [-0.05, 0) is 12.1 Å². The average Bonchev–Trinajstić information content (AvgIpc) is 2.64. The number of hydrogen-bond acceptors (Lipinski definition) is 3. The maximum Gasteiger partial charge on any atom is 0.166 e. The van der Waals surface area contributed by atoms with Crippen LogP contribution in [0.2, 0.25) is 5.15 Å². The van der Waals surface area contributed by atoms with E-state index >= 15 is 0 Å². The molecular weight excluding hydrogens is 238 g/mol. The molecule has 0 amide bonds. The minimum Gasteiger partial charge on any atom is -0.496 e. The zero-order chi connectivity index (χ0) is 12.4. The zero-order valence-corrected chi connectivity index (χ0v) is 10.2. The quantitative estimate of drug-likeness (QED) is 0.820. The Morgan fingerprint density at radius 1 is 1.41 bits per heavy atom. The van der Waals surface area contributed by atoms with Gasteiger partial charge in [-0.1, -0.05) is 23.7 Å². The standard InChI is InChI=1S/C12H10ClN3O/c1-16-9(7-14)11(13)15-12(16)8-5-3-4-6-10(8)17-2/h3-6H,1-2H3. The van der Waals surface area contributed by atoms with Gasteiger partial charge < -0.3 is 9.30 Å². The van der Waals surface area contributed by atoms with Crippen LogP contribution in [0.4, 0.5) is 0 Å². The fourth-order valence-corrected chi connectivity index (χ4v) is 1.91.